The van der Waals surface area contributed by atoms with E-state index in [0.29, 0.717) is 29.9 Å². The minimum absolute atomic E-state index is 0.000511. The van der Waals surface area contributed by atoms with Crippen LogP contribution >= 0.6 is 0 Å². The molecule has 0 bridgehead atoms. The second-order valence-electron chi connectivity index (χ2n) is 7.14. The molecule has 1 saturated carbocycles. The van der Waals surface area contributed by atoms with Crippen LogP contribution in [0.3, 0.4) is 0 Å². The second kappa shape index (κ2) is 10.2. The summed E-state index contributed by atoms with van der Waals surface area (Å²) in [5.74, 6) is 1.08. The van der Waals surface area contributed by atoms with Gasteiger partial charge >= 0.3 is 0 Å². The molecule has 0 spiro atoms. The van der Waals surface area contributed by atoms with Crippen LogP contribution in [-0.2, 0) is 6.54 Å². The maximum absolute atomic E-state index is 12.4. The van der Waals surface area contributed by atoms with Crippen LogP contribution in [-0.4, -0.2) is 28.7 Å². The van der Waals surface area contributed by atoms with Gasteiger partial charge in [-0.15, -0.1) is 10.2 Å². The van der Waals surface area contributed by atoms with E-state index >= 15 is 0 Å². The zero-order valence-electron chi connectivity index (χ0n) is 18.2. The summed E-state index contributed by atoms with van der Waals surface area (Å²) in [4.78, 5) is 12.4. The van der Waals surface area contributed by atoms with Crippen LogP contribution in [0.5, 0.6) is 0 Å². The molecule has 1 aromatic heterocycles. The van der Waals surface area contributed by atoms with E-state index in [0.717, 1.165) is 41.6 Å². The molecule has 3 aromatic rings. The fraction of sp³-hybridized carbons (Fsp3) is 0.375. The molecule has 1 fully saturated rings. The van der Waals surface area contributed by atoms with E-state index in [4.69, 9.17) is 4.42 Å². The van der Waals surface area contributed by atoms with Crippen molar-refractivity contribution in [3.8, 4) is 22.6 Å². The molecule has 0 unspecified atom stereocenters. The topological polar surface area (TPSA) is 80.0 Å². The van der Waals surface area contributed by atoms with Crippen LogP contribution in [0.1, 0.15) is 55.4 Å². The molecule has 6 heteroatoms. The number of nitrogens with zero attached hydrogens (tertiary/aromatic N) is 2. The fourth-order valence-electron chi connectivity index (χ4n) is 3.04. The zero-order chi connectivity index (χ0) is 21.5. The number of rotatable bonds is 7. The highest BCUT2D eigenvalue weighted by atomic mass is 16.4. The lowest BCUT2D eigenvalue weighted by Crippen LogP contribution is -2.25. The normalized spacial score (nSPS) is 12.8. The van der Waals surface area contributed by atoms with Crippen molar-refractivity contribution >= 4 is 5.91 Å². The summed E-state index contributed by atoms with van der Waals surface area (Å²) in [6.07, 6.45) is 2.16. The Bertz CT molecular complexity index is 975. The molecule has 2 aromatic carbocycles. The lowest BCUT2D eigenvalue weighted by molar-refractivity contribution is 0.0951. The molecule has 4 rings (SSSR count). The van der Waals surface area contributed by atoms with Gasteiger partial charge in [0.25, 0.3) is 5.91 Å². The van der Waals surface area contributed by atoms with Crippen LogP contribution in [0, 0.1) is 6.92 Å². The first-order valence-corrected chi connectivity index (χ1v) is 10.7. The summed E-state index contributed by atoms with van der Waals surface area (Å²) in [5, 5.41) is 14.4. The lowest BCUT2D eigenvalue weighted by Gasteiger charge is -2.10. The average Bonchev–Trinajstić information content (AvgIpc) is 3.47. The van der Waals surface area contributed by atoms with Gasteiger partial charge in [-0.05, 0) is 67.3 Å². The van der Waals surface area contributed by atoms with Crippen molar-refractivity contribution in [1.82, 2.24) is 20.8 Å². The third-order valence-electron chi connectivity index (χ3n) is 4.85. The smallest absolute Gasteiger partial charge is 0.251 e. The Kier molecular flexibility index (Phi) is 7.36. The molecule has 1 aliphatic carbocycles. The Labute approximate surface area is 178 Å². The fourth-order valence-corrected chi connectivity index (χ4v) is 3.04. The quantitative estimate of drug-likeness (QED) is 0.592. The highest BCUT2D eigenvalue weighted by Crippen LogP contribution is 2.28. The highest BCUT2D eigenvalue weighted by molar-refractivity contribution is 5.96. The van der Waals surface area contributed by atoms with Crippen LogP contribution < -0.4 is 10.6 Å². The number of carbonyl (C=O) groups excluding carboxylic acids is 1. The Hall–Kier alpha value is -2.99. The first kappa shape index (κ1) is 21.7. The maximum atomic E-state index is 12.4. The summed E-state index contributed by atoms with van der Waals surface area (Å²) >= 11 is 0. The lowest BCUT2D eigenvalue weighted by atomic mass is 9.97. The number of benzene rings is 2. The summed E-state index contributed by atoms with van der Waals surface area (Å²) in [7, 11) is 0. The third-order valence-corrected chi connectivity index (χ3v) is 4.85. The molecule has 30 heavy (non-hydrogen) atoms. The van der Waals surface area contributed by atoms with Gasteiger partial charge in [0.1, 0.15) is 0 Å². The molecular weight excluding hydrogens is 376 g/mol. The Balaban J connectivity index is 0.00000124. The molecule has 6 nitrogen and oxygen atoms in total. The van der Waals surface area contributed by atoms with Crippen LogP contribution in [0.4, 0.5) is 0 Å². The monoisotopic (exact) mass is 406 g/mol. The predicted octanol–water partition coefficient (Wildman–Crippen LogP) is 4.74. The van der Waals surface area contributed by atoms with E-state index < -0.39 is 0 Å². The Morgan fingerprint density at radius 1 is 1.07 bits per heavy atom. The van der Waals surface area contributed by atoms with E-state index in [1.54, 1.807) is 0 Å². The van der Waals surface area contributed by atoms with Crippen molar-refractivity contribution in [2.24, 2.45) is 0 Å². The molecule has 1 amide bonds. The van der Waals surface area contributed by atoms with Gasteiger partial charge < -0.3 is 15.1 Å². The first-order valence-electron chi connectivity index (χ1n) is 10.7. The number of aryl methyl sites for hydroxylation is 1. The van der Waals surface area contributed by atoms with Crippen molar-refractivity contribution in [1.29, 1.82) is 0 Å². The molecular formula is C24H30N4O2. The van der Waals surface area contributed by atoms with Crippen LogP contribution in [0.2, 0.25) is 0 Å². The summed E-state index contributed by atoms with van der Waals surface area (Å²) in [5.41, 5.74) is 4.80. The van der Waals surface area contributed by atoms with Crippen molar-refractivity contribution in [3.05, 3.63) is 59.5 Å². The van der Waals surface area contributed by atoms with E-state index in [1.165, 1.54) is 0 Å². The van der Waals surface area contributed by atoms with Crippen molar-refractivity contribution in [2.45, 2.75) is 53.1 Å². The minimum atomic E-state index is -0.000511. The number of aromatic nitrogens is 2. The molecule has 1 heterocycles. The average molecular weight is 407 g/mol. The van der Waals surface area contributed by atoms with Gasteiger partial charge in [0.15, 0.2) is 0 Å². The highest BCUT2D eigenvalue weighted by Gasteiger charge is 2.24. The number of carbonyl (C=O) groups is 1. The minimum Gasteiger partial charge on any atom is -0.419 e. The molecule has 0 atom stereocenters. The second-order valence-corrected chi connectivity index (χ2v) is 7.14. The Morgan fingerprint density at radius 2 is 1.77 bits per heavy atom. The standard InChI is InChI=1S/C22H24N4O2.C2H6/c1-3-23-13-20-25-26-22(28-20)16-8-6-15(7-9-16)19-12-17(5-4-14(19)2)21(27)24-18-10-11-18;1-2/h4-9,12,18,23H,3,10-11,13H2,1-2H3,(H,24,27);1-2H3. The van der Waals surface area contributed by atoms with Crippen LogP contribution in [0.15, 0.2) is 46.9 Å². The van der Waals surface area contributed by atoms with Gasteiger partial charge in [0, 0.05) is 17.2 Å². The van der Waals surface area contributed by atoms with Gasteiger partial charge in [-0.1, -0.05) is 39.0 Å². The molecule has 2 N–H and O–H groups in total. The van der Waals surface area contributed by atoms with Crippen LogP contribution in [0.25, 0.3) is 22.6 Å². The third kappa shape index (κ3) is 5.33. The van der Waals surface area contributed by atoms with Gasteiger partial charge in [-0.2, -0.15) is 0 Å². The summed E-state index contributed by atoms with van der Waals surface area (Å²) in [6, 6.07) is 14.2. The molecule has 158 valence electrons. The zero-order valence-corrected chi connectivity index (χ0v) is 18.2. The van der Waals surface area contributed by atoms with E-state index in [-0.39, 0.29) is 5.91 Å². The maximum Gasteiger partial charge on any atom is 0.251 e. The molecule has 0 saturated heterocycles. The molecule has 0 aliphatic heterocycles. The van der Waals surface area contributed by atoms with Gasteiger partial charge in [0.05, 0.1) is 6.54 Å². The summed E-state index contributed by atoms with van der Waals surface area (Å²) < 4.78 is 5.70. The predicted molar refractivity (Wildman–Crippen MR) is 119 cm³/mol. The summed E-state index contributed by atoms with van der Waals surface area (Å²) in [6.45, 7) is 9.50. The molecule has 1 aliphatic rings. The Morgan fingerprint density at radius 3 is 2.43 bits per heavy atom. The molecule has 0 radical (unpaired) electrons. The van der Waals surface area contributed by atoms with Gasteiger partial charge in [-0.3, -0.25) is 4.79 Å². The first-order chi connectivity index (χ1) is 14.6. The van der Waals surface area contributed by atoms with E-state index in [1.807, 2.05) is 63.2 Å². The SMILES string of the molecule is CC.CCNCc1nnc(-c2ccc(-c3cc(C(=O)NC4CC4)ccc3C)cc2)o1. The largest absolute Gasteiger partial charge is 0.419 e. The van der Waals surface area contributed by atoms with Crippen molar-refractivity contribution in [3.63, 3.8) is 0 Å². The number of nitrogens with one attached hydrogen (secondary N) is 2. The number of hydrogen-bond acceptors (Lipinski definition) is 5. The van der Waals surface area contributed by atoms with E-state index in [9.17, 15) is 4.79 Å². The van der Waals surface area contributed by atoms with Gasteiger partial charge in [-0.25, -0.2) is 0 Å². The van der Waals surface area contributed by atoms with Crippen molar-refractivity contribution < 1.29 is 9.21 Å². The van der Waals surface area contributed by atoms with Crippen molar-refractivity contribution in [2.75, 3.05) is 6.54 Å². The number of hydrogen-bond donors (Lipinski definition) is 2. The van der Waals surface area contributed by atoms with E-state index in [2.05, 4.69) is 27.8 Å². The number of amides is 1. The van der Waals surface area contributed by atoms with Gasteiger partial charge in [0.2, 0.25) is 11.8 Å².